The van der Waals surface area contributed by atoms with Crippen molar-refractivity contribution in [3.05, 3.63) is 65.5 Å². The minimum atomic E-state index is -0.385. The molecule has 0 spiro atoms. The van der Waals surface area contributed by atoms with Gasteiger partial charge in [0.2, 0.25) is 0 Å². The second-order valence-corrected chi connectivity index (χ2v) is 4.80. The molecule has 0 saturated carbocycles. The summed E-state index contributed by atoms with van der Waals surface area (Å²) in [5, 5.41) is 0. The van der Waals surface area contributed by atoms with Gasteiger partial charge in [0.25, 0.3) is 5.91 Å². The summed E-state index contributed by atoms with van der Waals surface area (Å²) < 4.78 is 13.8. The maximum absolute atomic E-state index is 13.8. The van der Waals surface area contributed by atoms with E-state index in [9.17, 15) is 9.18 Å². The summed E-state index contributed by atoms with van der Waals surface area (Å²) in [4.78, 5) is 14.1. The summed E-state index contributed by atoms with van der Waals surface area (Å²) in [5.74, 6) is 4.87. The number of carbonyl (C=O) groups excluding carboxylic acids is 1. The molecule has 0 aliphatic heterocycles. The third-order valence-electron chi connectivity index (χ3n) is 3.57. The third kappa shape index (κ3) is 3.03. The minimum absolute atomic E-state index is 0.223. The molecule has 4 nitrogen and oxygen atoms in total. The Hall–Kier alpha value is -2.40. The van der Waals surface area contributed by atoms with Crippen LogP contribution in [0.2, 0.25) is 0 Å². The minimum Gasteiger partial charge on any atom is -0.335 e. The molecule has 0 saturated heterocycles. The van der Waals surface area contributed by atoms with Gasteiger partial charge in [0.15, 0.2) is 0 Å². The first-order valence-electron chi connectivity index (χ1n) is 6.63. The SMILES string of the molecule is CC(c1ccccc1F)N(C)C(=O)c1ccccc1NN. The van der Waals surface area contributed by atoms with Crippen LogP contribution in [0.25, 0.3) is 0 Å². The summed E-state index contributed by atoms with van der Waals surface area (Å²) >= 11 is 0. The first-order chi connectivity index (χ1) is 10.1. The van der Waals surface area contributed by atoms with Gasteiger partial charge in [-0.2, -0.15) is 0 Å². The van der Waals surface area contributed by atoms with Gasteiger partial charge < -0.3 is 10.3 Å². The number of halogens is 1. The van der Waals surface area contributed by atoms with Crippen molar-refractivity contribution >= 4 is 11.6 Å². The molecule has 0 fully saturated rings. The number of nitrogens with zero attached hydrogens (tertiary/aromatic N) is 1. The number of nitrogens with two attached hydrogens (primary N) is 1. The van der Waals surface area contributed by atoms with Crippen molar-refractivity contribution in [3.63, 3.8) is 0 Å². The zero-order valence-electron chi connectivity index (χ0n) is 12.0. The van der Waals surface area contributed by atoms with Gasteiger partial charge in [-0.1, -0.05) is 30.3 Å². The predicted octanol–water partition coefficient (Wildman–Crippen LogP) is 2.94. The fourth-order valence-corrected chi connectivity index (χ4v) is 2.18. The predicted molar refractivity (Wildman–Crippen MR) is 81.2 cm³/mol. The summed E-state index contributed by atoms with van der Waals surface area (Å²) in [6.07, 6.45) is 0. The number of para-hydroxylation sites is 1. The van der Waals surface area contributed by atoms with Crippen LogP contribution >= 0.6 is 0 Å². The van der Waals surface area contributed by atoms with Crippen LogP contribution in [-0.4, -0.2) is 17.9 Å². The molecule has 0 radical (unpaired) electrons. The Morgan fingerprint density at radius 1 is 1.19 bits per heavy atom. The second-order valence-electron chi connectivity index (χ2n) is 4.80. The van der Waals surface area contributed by atoms with Crippen molar-refractivity contribution in [2.75, 3.05) is 12.5 Å². The van der Waals surface area contributed by atoms with Gasteiger partial charge in [0.1, 0.15) is 5.82 Å². The molecular weight excluding hydrogens is 269 g/mol. The van der Waals surface area contributed by atoms with E-state index >= 15 is 0 Å². The smallest absolute Gasteiger partial charge is 0.256 e. The quantitative estimate of drug-likeness (QED) is 0.671. The number of rotatable bonds is 4. The maximum atomic E-state index is 13.8. The monoisotopic (exact) mass is 287 g/mol. The average molecular weight is 287 g/mol. The number of amides is 1. The zero-order chi connectivity index (χ0) is 15.4. The lowest BCUT2D eigenvalue weighted by Crippen LogP contribution is -2.31. The Morgan fingerprint density at radius 3 is 2.48 bits per heavy atom. The van der Waals surface area contributed by atoms with Crippen LogP contribution in [0.1, 0.15) is 28.9 Å². The van der Waals surface area contributed by atoms with Crippen molar-refractivity contribution in [1.29, 1.82) is 0 Å². The van der Waals surface area contributed by atoms with E-state index in [-0.39, 0.29) is 17.8 Å². The van der Waals surface area contributed by atoms with Crippen molar-refractivity contribution < 1.29 is 9.18 Å². The standard InChI is InChI=1S/C16H18FN3O/c1-11(12-7-3-5-9-14(12)17)20(2)16(21)13-8-4-6-10-15(13)19-18/h3-11,19H,18H2,1-2H3. The molecular formula is C16H18FN3O. The Morgan fingerprint density at radius 2 is 1.81 bits per heavy atom. The molecule has 5 heteroatoms. The van der Waals surface area contributed by atoms with Gasteiger partial charge in [-0.25, -0.2) is 4.39 Å². The molecule has 1 atom stereocenters. The molecule has 0 aliphatic carbocycles. The second kappa shape index (κ2) is 6.37. The van der Waals surface area contributed by atoms with Crippen LogP contribution in [0, 0.1) is 5.82 Å². The van der Waals surface area contributed by atoms with Crippen LogP contribution in [0.15, 0.2) is 48.5 Å². The highest BCUT2D eigenvalue weighted by molar-refractivity contribution is 5.99. The van der Waals surface area contributed by atoms with Crippen molar-refractivity contribution in [3.8, 4) is 0 Å². The van der Waals surface area contributed by atoms with E-state index in [1.165, 1.54) is 11.0 Å². The number of hydrazine groups is 1. The molecule has 0 heterocycles. The van der Waals surface area contributed by atoms with Gasteiger partial charge in [-0.3, -0.25) is 10.6 Å². The van der Waals surface area contributed by atoms with Crippen LogP contribution in [0.3, 0.4) is 0 Å². The first-order valence-corrected chi connectivity index (χ1v) is 6.63. The molecule has 0 aromatic heterocycles. The summed E-state index contributed by atoms with van der Waals surface area (Å²) in [7, 11) is 1.65. The number of nitrogens with one attached hydrogen (secondary N) is 1. The number of carbonyl (C=O) groups is 1. The molecule has 2 aromatic rings. The Bertz CT molecular complexity index is 645. The molecule has 2 aromatic carbocycles. The highest BCUT2D eigenvalue weighted by Gasteiger charge is 2.22. The number of nitrogen functional groups attached to an aromatic ring is 1. The summed E-state index contributed by atoms with van der Waals surface area (Å²) in [6, 6.07) is 13.0. The lowest BCUT2D eigenvalue weighted by atomic mass is 10.0. The van der Waals surface area contributed by atoms with Gasteiger partial charge in [0.05, 0.1) is 17.3 Å². The lowest BCUT2D eigenvalue weighted by Gasteiger charge is -2.26. The van der Waals surface area contributed by atoms with E-state index in [1.807, 2.05) is 0 Å². The van der Waals surface area contributed by atoms with Gasteiger partial charge in [0, 0.05) is 12.6 Å². The maximum Gasteiger partial charge on any atom is 0.256 e. The summed E-state index contributed by atoms with van der Waals surface area (Å²) in [6.45, 7) is 1.79. The lowest BCUT2D eigenvalue weighted by molar-refractivity contribution is 0.0741. The zero-order valence-corrected chi connectivity index (χ0v) is 12.0. The van der Waals surface area contributed by atoms with Gasteiger partial charge in [-0.05, 0) is 25.1 Å². The number of benzene rings is 2. The highest BCUT2D eigenvalue weighted by Crippen LogP contribution is 2.25. The van der Waals surface area contributed by atoms with E-state index in [4.69, 9.17) is 5.84 Å². The summed E-state index contributed by atoms with van der Waals surface area (Å²) in [5.41, 5.74) is 3.96. The fourth-order valence-electron chi connectivity index (χ4n) is 2.18. The third-order valence-corrected chi connectivity index (χ3v) is 3.57. The Balaban J connectivity index is 2.29. The van der Waals surface area contributed by atoms with Crippen molar-refractivity contribution in [1.82, 2.24) is 4.90 Å². The van der Waals surface area contributed by atoms with Gasteiger partial charge >= 0.3 is 0 Å². The van der Waals surface area contributed by atoms with Crippen LogP contribution in [-0.2, 0) is 0 Å². The average Bonchev–Trinajstić information content (AvgIpc) is 2.53. The largest absolute Gasteiger partial charge is 0.335 e. The fraction of sp³-hybridized carbons (Fsp3) is 0.188. The topological polar surface area (TPSA) is 58.4 Å². The van der Waals surface area contributed by atoms with Gasteiger partial charge in [-0.15, -0.1) is 0 Å². The molecule has 0 bridgehead atoms. The molecule has 110 valence electrons. The molecule has 1 amide bonds. The molecule has 3 N–H and O–H groups in total. The van der Waals surface area contributed by atoms with Crippen molar-refractivity contribution in [2.45, 2.75) is 13.0 Å². The number of hydrogen-bond acceptors (Lipinski definition) is 3. The Labute approximate surface area is 123 Å². The van der Waals surface area contributed by atoms with E-state index < -0.39 is 0 Å². The van der Waals surface area contributed by atoms with Crippen LogP contribution < -0.4 is 11.3 Å². The number of hydrogen-bond donors (Lipinski definition) is 2. The molecule has 21 heavy (non-hydrogen) atoms. The Kier molecular flexibility index (Phi) is 4.55. The molecule has 0 aliphatic rings. The van der Waals surface area contributed by atoms with Crippen LogP contribution in [0.5, 0.6) is 0 Å². The van der Waals surface area contributed by atoms with E-state index in [1.54, 1.807) is 56.4 Å². The van der Waals surface area contributed by atoms with E-state index in [2.05, 4.69) is 5.43 Å². The molecule has 2 rings (SSSR count). The van der Waals surface area contributed by atoms with E-state index in [0.717, 1.165) is 0 Å². The first kappa shape index (κ1) is 15.0. The normalized spacial score (nSPS) is 11.8. The van der Waals surface area contributed by atoms with Crippen LogP contribution in [0.4, 0.5) is 10.1 Å². The van der Waals surface area contributed by atoms with E-state index in [0.29, 0.717) is 16.8 Å². The van der Waals surface area contributed by atoms with Crippen molar-refractivity contribution in [2.24, 2.45) is 5.84 Å². The number of anilines is 1. The molecule has 1 unspecified atom stereocenters. The highest BCUT2D eigenvalue weighted by atomic mass is 19.1.